The number of esters is 1. The number of anilines is 1. The summed E-state index contributed by atoms with van der Waals surface area (Å²) in [5.74, 6) is -0.476. The maximum atomic E-state index is 12.5. The first-order valence-corrected chi connectivity index (χ1v) is 13.0. The molecular weight excluding hydrogens is 486 g/mol. The Morgan fingerprint density at radius 3 is 2.49 bits per heavy atom. The second-order valence-corrected chi connectivity index (χ2v) is 9.25. The van der Waals surface area contributed by atoms with E-state index in [-0.39, 0.29) is 11.7 Å². The number of benzene rings is 3. The van der Waals surface area contributed by atoms with Gasteiger partial charge in [0, 0.05) is 17.6 Å². The highest BCUT2D eigenvalue weighted by Crippen LogP contribution is 2.27. The molecule has 5 aromatic rings. The Bertz CT molecular complexity index is 1550. The Labute approximate surface area is 218 Å². The van der Waals surface area contributed by atoms with Crippen molar-refractivity contribution in [3.63, 3.8) is 0 Å². The molecule has 1 amide bonds. The first kappa shape index (κ1) is 24.5. The Hall–Kier alpha value is -4.24. The number of amides is 1. The van der Waals surface area contributed by atoms with Crippen molar-refractivity contribution in [3.8, 4) is 0 Å². The molecule has 0 atom stereocenters. The minimum absolute atomic E-state index is 0.122. The van der Waals surface area contributed by atoms with E-state index in [1.54, 1.807) is 31.2 Å². The van der Waals surface area contributed by atoms with Gasteiger partial charge in [0.05, 0.1) is 23.4 Å². The Morgan fingerprint density at radius 2 is 1.70 bits per heavy atom. The van der Waals surface area contributed by atoms with Gasteiger partial charge in [-0.2, -0.15) is 0 Å². The van der Waals surface area contributed by atoms with Crippen LogP contribution < -0.4 is 5.32 Å². The van der Waals surface area contributed by atoms with Crippen LogP contribution in [0, 0.1) is 0 Å². The van der Waals surface area contributed by atoms with Crippen LogP contribution in [-0.2, 0) is 22.5 Å². The Kier molecular flexibility index (Phi) is 7.41. The summed E-state index contributed by atoms with van der Waals surface area (Å²) in [6.45, 7) is 2.82. The molecule has 0 fully saturated rings. The summed E-state index contributed by atoms with van der Waals surface area (Å²) in [4.78, 5) is 29.1. The van der Waals surface area contributed by atoms with Gasteiger partial charge in [0.1, 0.15) is 5.52 Å². The van der Waals surface area contributed by atoms with Gasteiger partial charge < -0.3 is 14.6 Å². The largest absolute Gasteiger partial charge is 0.462 e. The molecule has 0 bridgehead atoms. The van der Waals surface area contributed by atoms with E-state index in [0.717, 1.165) is 35.0 Å². The van der Waals surface area contributed by atoms with Crippen molar-refractivity contribution < 1.29 is 14.3 Å². The molecule has 0 spiro atoms. The molecule has 5 rings (SSSR count). The molecular formula is C28H25N5O3S. The van der Waals surface area contributed by atoms with Crippen LogP contribution in [-0.4, -0.2) is 44.0 Å². The minimum Gasteiger partial charge on any atom is -0.462 e. The highest BCUT2D eigenvalue weighted by molar-refractivity contribution is 7.99. The first-order chi connectivity index (χ1) is 18.1. The van der Waals surface area contributed by atoms with Crippen LogP contribution in [0.2, 0.25) is 0 Å². The number of para-hydroxylation sites is 1. The lowest BCUT2D eigenvalue weighted by Gasteiger charge is -2.08. The number of nitrogens with zero attached hydrogens (tertiary/aromatic N) is 4. The van der Waals surface area contributed by atoms with E-state index in [4.69, 9.17) is 9.72 Å². The van der Waals surface area contributed by atoms with Crippen molar-refractivity contribution in [2.24, 2.45) is 0 Å². The molecule has 0 aliphatic rings. The van der Waals surface area contributed by atoms with Gasteiger partial charge in [0.2, 0.25) is 11.1 Å². The third-order valence-corrected chi connectivity index (χ3v) is 6.67. The number of carbonyl (C=O) groups excluding carboxylic acids is 2. The van der Waals surface area contributed by atoms with E-state index in [1.807, 2.05) is 36.4 Å². The lowest BCUT2D eigenvalue weighted by Crippen LogP contribution is -2.14. The van der Waals surface area contributed by atoms with Crippen LogP contribution in [0.5, 0.6) is 0 Å². The van der Waals surface area contributed by atoms with Gasteiger partial charge in [0.15, 0.2) is 5.65 Å². The monoisotopic (exact) mass is 511 g/mol. The molecule has 3 aromatic carbocycles. The first-order valence-electron chi connectivity index (χ1n) is 12.0. The number of aromatic nitrogens is 4. The van der Waals surface area contributed by atoms with Gasteiger partial charge in [-0.1, -0.05) is 60.3 Å². The maximum absolute atomic E-state index is 12.5. The van der Waals surface area contributed by atoms with Crippen LogP contribution in [0.4, 0.5) is 5.69 Å². The van der Waals surface area contributed by atoms with Gasteiger partial charge in [-0.25, -0.2) is 9.78 Å². The van der Waals surface area contributed by atoms with Crippen molar-refractivity contribution >= 4 is 51.4 Å². The summed E-state index contributed by atoms with van der Waals surface area (Å²) in [6.07, 6.45) is 0.860. The topological polar surface area (TPSA) is 99.0 Å². The predicted octanol–water partition coefficient (Wildman–Crippen LogP) is 5.13. The number of aryl methyl sites for hydroxylation is 2. The summed E-state index contributed by atoms with van der Waals surface area (Å²) in [5.41, 5.74) is 4.83. The molecule has 0 aliphatic heterocycles. The van der Waals surface area contributed by atoms with E-state index < -0.39 is 5.97 Å². The second kappa shape index (κ2) is 11.2. The van der Waals surface area contributed by atoms with Crippen molar-refractivity contribution in [1.29, 1.82) is 0 Å². The van der Waals surface area contributed by atoms with Crippen molar-refractivity contribution in [2.75, 3.05) is 17.7 Å². The minimum atomic E-state index is -0.392. The molecule has 37 heavy (non-hydrogen) atoms. The summed E-state index contributed by atoms with van der Waals surface area (Å²) < 4.78 is 7.15. The zero-order valence-electron chi connectivity index (χ0n) is 20.3. The highest BCUT2D eigenvalue weighted by atomic mass is 32.2. The van der Waals surface area contributed by atoms with Gasteiger partial charge in [-0.15, -0.1) is 10.2 Å². The number of carbonyl (C=O) groups is 2. The van der Waals surface area contributed by atoms with E-state index in [0.29, 0.717) is 23.0 Å². The molecule has 186 valence electrons. The molecule has 0 saturated carbocycles. The molecule has 0 unspecified atom stereocenters. The van der Waals surface area contributed by atoms with Gasteiger partial charge in [-0.05, 0) is 49.2 Å². The molecule has 0 aliphatic carbocycles. The normalized spacial score (nSPS) is 11.1. The zero-order chi connectivity index (χ0) is 25.6. The Balaban J connectivity index is 1.29. The van der Waals surface area contributed by atoms with Crippen LogP contribution >= 0.6 is 11.8 Å². The van der Waals surface area contributed by atoms with E-state index >= 15 is 0 Å². The van der Waals surface area contributed by atoms with E-state index in [2.05, 4.69) is 38.3 Å². The van der Waals surface area contributed by atoms with E-state index in [1.165, 1.54) is 17.3 Å². The fourth-order valence-corrected chi connectivity index (χ4v) is 4.68. The van der Waals surface area contributed by atoms with Crippen LogP contribution in [0.15, 0.2) is 84.0 Å². The number of rotatable bonds is 9. The third kappa shape index (κ3) is 5.62. The summed E-state index contributed by atoms with van der Waals surface area (Å²) >= 11 is 1.23. The van der Waals surface area contributed by atoms with E-state index in [9.17, 15) is 9.59 Å². The van der Waals surface area contributed by atoms with Gasteiger partial charge in [0.25, 0.3) is 0 Å². The molecule has 2 heterocycles. The van der Waals surface area contributed by atoms with Gasteiger partial charge >= 0.3 is 5.97 Å². The molecule has 2 aromatic heterocycles. The lowest BCUT2D eigenvalue weighted by molar-refractivity contribution is -0.113. The third-order valence-electron chi connectivity index (χ3n) is 5.83. The average Bonchev–Trinajstić information content (AvgIpc) is 3.24. The smallest absolute Gasteiger partial charge is 0.338 e. The fraction of sp³-hybridized carbons (Fsp3) is 0.179. The average molecular weight is 512 g/mol. The standard InChI is InChI=1S/C28H25N5O3S/c1-2-36-27(35)20-12-14-21(15-13-20)29-24(34)18-37-28-30-26-25(31-32-28)22-10-6-7-11-23(22)33(26)17-16-19-8-4-3-5-9-19/h3-15H,2,16-18H2,1H3,(H,29,34). The lowest BCUT2D eigenvalue weighted by atomic mass is 10.1. The number of ether oxygens (including phenoxy) is 1. The van der Waals surface area contributed by atoms with Crippen LogP contribution in [0.1, 0.15) is 22.8 Å². The quantitative estimate of drug-likeness (QED) is 0.216. The molecule has 9 heteroatoms. The highest BCUT2D eigenvalue weighted by Gasteiger charge is 2.16. The number of nitrogens with one attached hydrogen (secondary N) is 1. The van der Waals surface area contributed by atoms with Crippen LogP contribution in [0.25, 0.3) is 22.1 Å². The number of fused-ring (bicyclic) bond motifs is 3. The molecule has 0 saturated heterocycles. The maximum Gasteiger partial charge on any atom is 0.338 e. The number of hydrogen-bond donors (Lipinski definition) is 1. The summed E-state index contributed by atoms with van der Waals surface area (Å²) in [5, 5.41) is 13.0. The zero-order valence-corrected chi connectivity index (χ0v) is 21.1. The Morgan fingerprint density at radius 1 is 0.946 bits per heavy atom. The van der Waals surface area contributed by atoms with Gasteiger partial charge in [-0.3, -0.25) is 4.79 Å². The summed E-state index contributed by atoms with van der Waals surface area (Å²) in [7, 11) is 0. The van der Waals surface area contributed by atoms with Crippen molar-refractivity contribution in [2.45, 2.75) is 25.0 Å². The number of hydrogen-bond acceptors (Lipinski definition) is 7. The van der Waals surface area contributed by atoms with Crippen LogP contribution in [0.3, 0.4) is 0 Å². The summed E-state index contributed by atoms with van der Waals surface area (Å²) in [6, 6.07) is 25.0. The fourth-order valence-electron chi connectivity index (χ4n) is 4.09. The van der Waals surface area contributed by atoms with Crippen molar-refractivity contribution in [1.82, 2.24) is 19.7 Å². The molecule has 8 nitrogen and oxygen atoms in total. The molecule has 1 N–H and O–H groups in total. The van der Waals surface area contributed by atoms with Crippen molar-refractivity contribution in [3.05, 3.63) is 90.0 Å². The second-order valence-electron chi connectivity index (χ2n) is 8.31. The molecule has 0 radical (unpaired) electrons. The predicted molar refractivity (Wildman–Crippen MR) is 145 cm³/mol. The SMILES string of the molecule is CCOC(=O)c1ccc(NC(=O)CSc2nnc3c4ccccc4n(CCc4ccccc4)c3n2)cc1. The number of thioether (sulfide) groups is 1.